The molecule has 0 aliphatic heterocycles. The molecular formula is C15H19NO. The second-order valence-corrected chi connectivity index (χ2v) is 5.28. The Morgan fingerprint density at radius 3 is 2.88 bits per heavy atom. The predicted molar refractivity (Wildman–Crippen MR) is 70.3 cm³/mol. The monoisotopic (exact) mass is 229 g/mol. The molecule has 3 rings (SSSR count). The maximum Gasteiger partial charge on any atom is 0.0813 e. The summed E-state index contributed by atoms with van der Waals surface area (Å²) in [6, 6.07) is 4.40. The lowest BCUT2D eigenvalue weighted by Gasteiger charge is -2.08. The van der Waals surface area contributed by atoms with Crippen LogP contribution in [0.5, 0.6) is 0 Å². The van der Waals surface area contributed by atoms with Crippen LogP contribution in [0.4, 0.5) is 0 Å². The first kappa shape index (κ1) is 10.8. The molecule has 2 N–H and O–H groups in total. The van der Waals surface area contributed by atoms with E-state index in [-0.39, 0.29) is 6.10 Å². The van der Waals surface area contributed by atoms with Gasteiger partial charge in [-0.3, -0.25) is 0 Å². The van der Waals surface area contributed by atoms with E-state index >= 15 is 0 Å². The molecule has 1 aliphatic carbocycles. The van der Waals surface area contributed by atoms with Crippen LogP contribution in [0, 0.1) is 13.8 Å². The highest BCUT2D eigenvalue weighted by Gasteiger charge is 2.21. The second kappa shape index (κ2) is 3.88. The van der Waals surface area contributed by atoms with Gasteiger partial charge in [0, 0.05) is 22.2 Å². The molecule has 1 unspecified atom stereocenters. The van der Waals surface area contributed by atoms with Crippen molar-refractivity contribution in [2.24, 2.45) is 0 Å². The fourth-order valence-electron chi connectivity index (χ4n) is 3.09. The maximum absolute atomic E-state index is 10.3. The minimum atomic E-state index is -0.289. The molecule has 2 aromatic rings. The van der Waals surface area contributed by atoms with Crippen molar-refractivity contribution >= 4 is 10.9 Å². The van der Waals surface area contributed by atoms with Crippen molar-refractivity contribution < 1.29 is 5.11 Å². The number of benzene rings is 1. The van der Waals surface area contributed by atoms with Crippen LogP contribution in [0.15, 0.2) is 12.1 Å². The van der Waals surface area contributed by atoms with Crippen molar-refractivity contribution in [2.75, 3.05) is 0 Å². The molecular weight excluding hydrogens is 210 g/mol. The number of H-pyrrole nitrogens is 1. The summed E-state index contributed by atoms with van der Waals surface area (Å²) in [5.41, 5.74) is 6.16. The average molecular weight is 229 g/mol. The number of fused-ring (bicyclic) bond motifs is 3. The SMILES string of the molecule is Cc1cc(C)c2[nH]c3c(c2c1)C(O)CCCC3. The molecule has 2 heteroatoms. The van der Waals surface area contributed by atoms with Gasteiger partial charge in [-0.1, -0.05) is 18.1 Å². The summed E-state index contributed by atoms with van der Waals surface area (Å²) in [6.07, 6.45) is 3.97. The van der Waals surface area contributed by atoms with E-state index in [1.165, 1.54) is 34.1 Å². The van der Waals surface area contributed by atoms with Gasteiger partial charge in [-0.15, -0.1) is 0 Å². The number of aliphatic hydroxyl groups excluding tert-OH is 1. The van der Waals surface area contributed by atoms with E-state index in [9.17, 15) is 5.11 Å². The predicted octanol–water partition coefficient (Wildman–Crippen LogP) is 3.54. The van der Waals surface area contributed by atoms with Gasteiger partial charge in [0.15, 0.2) is 0 Å². The topological polar surface area (TPSA) is 36.0 Å². The minimum Gasteiger partial charge on any atom is -0.388 e. The molecule has 17 heavy (non-hydrogen) atoms. The number of hydrogen-bond acceptors (Lipinski definition) is 1. The Morgan fingerprint density at radius 1 is 1.24 bits per heavy atom. The van der Waals surface area contributed by atoms with Crippen LogP contribution in [0.25, 0.3) is 10.9 Å². The van der Waals surface area contributed by atoms with Crippen LogP contribution in [0.3, 0.4) is 0 Å². The summed E-state index contributed by atoms with van der Waals surface area (Å²) in [4.78, 5) is 3.52. The zero-order valence-corrected chi connectivity index (χ0v) is 10.5. The fraction of sp³-hybridized carbons (Fsp3) is 0.467. The van der Waals surface area contributed by atoms with E-state index in [4.69, 9.17) is 0 Å². The molecule has 0 saturated carbocycles. The number of aryl methyl sites for hydroxylation is 3. The highest BCUT2D eigenvalue weighted by Crippen LogP contribution is 2.36. The normalized spacial score (nSPS) is 20.3. The standard InChI is InChI=1S/C15H19NO/c1-9-7-10(2)15-11(8-9)14-12(16-15)5-3-4-6-13(14)17/h7-8,13,16-17H,3-6H2,1-2H3. The molecule has 0 fully saturated rings. The molecule has 0 bridgehead atoms. The largest absolute Gasteiger partial charge is 0.388 e. The number of nitrogens with one attached hydrogen (secondary N) is 1. The number of hydrogen-bond donors (Lipinski definition) is 2. The third-order valence-corrected chi connectivity index (χ3v) is 3.86. The lowest BCUT2D eigenvalue weighted by molar-refractivity contribution is 0.168. The number of aliphatic hydroxyl groups is 1. The first-order valence-electron chi connectivity index (χ1n) is 6.46. The zero-order chi connectivity index (χ0) is 12.0. The molecule has 0 radical (unpaired) electrons. The van der Waals surface area contributed by atoms with Gasteiger partial charge >= 0.3 is 0 Å². The van der Waals surface area contributed by atoms with E-state index in [2.05, 4.69) is 31.0 Å². The zero-order valence-electron chi connectivity index (χ0n) is 10.5. The summed E-state index contributed by atoms with van der Waals surface area (Å²) in [5, 5.41) is 11.5. The van der Waals surface area contributed by atoms with E-state index in [1.807, 2.05) is 0 Å². The maximum atomic E-state index is 10.3. The van der Waals surface area contributed by atoms with Gasteiger partial charge in [-0.05, 0) is 44.7 Å². The highest BCUT2D eigenvalue weighted by molar-refractivity contribution is 5.88. The molecule has 1 aromatic heterocycles. The van der Waals surface area contributed by atoms with Crippen LogP contribution in [-0.2, 0) is 6.42 Å². The van der Waals surface area contributed by atoms with Gasteiger partial charge < -0.3 is 10.1 Å². The molecule has 1 atom stereocenters. The summed E-state index contributed by atoms with van der Waals surface area (Å²) >= 11 is 0. The lowest BCUT2D eigenvalue weighted by Crippen LogP contribution is -1.96. The summed E-state index contributed by atoms with van der Waals surface area (Å²) in [5.74, 6) is 0. The van der Waals surface area contributed by atoms with Crippen LogP contribution < -0.4 is 0 Å². The van der Waals surface area contributed by atoms with Crippen LogP contribution >= 0.6 is 0 Å². The van der Waals surface area contributed by atoms with E-state index in [0.29, 0.717) is 0 Å². The Bertz CT molecular complexity index is 568. The van der Waals surface area contributed by atoms with Gasteiger partial charge in [0.05, 0.1) is 6.10 Å². The van der Waals surface area contributed by atoms with Crippen molar-refractivity contribution in [2.45, 2.75) is 45.6 Å². The van der Waals surface area contributed by atoms with Crippen molar-refractivity contribution in [3.8, 4) is 0 Å². The van der Waals surface area contributed by atoms with Gasteiger partial charge in [-0.2, -0.15) is 0 Å². The van der Waals surface area contributed by atoms with Crippen molar-refractivity contribution in [1.29, 1.82) is 0 Å². The Labute approximate surface area is 102 Å². The summed E-state index contributed by atoms with van der Waals surface area (Å²) in [6.45, 7) is 4.26. The Morgan fingerprint density at radius 2 is 2.06 bits per heavy atom. The van der Waals surface area contributed by atoms with Crippen LogP contribution in [0.2, 0.25) is 0 Å². The van der Waals surface area contributed by atoms with E-state index in [0.717, 1.165) is 24.8 Å². The highest BCUT2D eigenvalue weighted by atomic mass is 16.3. The Hall–Kier alpha value is -1.28. The lowest BCUT2D eigenvalue weighted by atomic mass is 10.0. The van der Waals surface area contributed by atoms with E-state index in [1.54, 1.807) is 0 Å². The molecule has 1 aliphatic rings. The third-order valence-electron chi connectivity index (χ3n) is 3.86. The number of aromatic amines is 1. The first-order chi connectivity index (χ1) is 8.16. The average Bonchev–Trinajstić information content (AvgIpc) is 2.53. The van der Waals surface area contributed by atoms with Gasteiger partial charge in [0.2, 0.25) is 0 Å². The Balaban J connectivity index is 2.32. The van der Waals surface area contributed by atoms with Crippen LogP contribution in [-0.4, -0.2) is 10.1 Å². The molecule has 1 aromatic carbocycles. The molecule has 1 heterocycles. The van der Waals surface area contributed by atoms with Gasteiger partial charge in [0.1, 0.15) is 0 Å². The quantitative estimate of drug-likeness (QED) is 0.666. The third kappa shape index (κ3) is 1.67. The number of rotatable bonds is 0. The molecule has 0 saturated heterocycles. The smallest absolute Gasteiger partial charge is 0.0813 e. The van der Waals surface area contributed by atoms with Crippen molar-refractivity contribution in [3.05, 3.63) is 34.5 Å². The molecule has 0 spiro atoms. The Kier molecular flexibility index (Phi) is 2.48. The van der Waals surface area contributed by atoms with Crippen molar-refractivity contribution in [3.63, 3.8) is 0 Å². The first-order valence-corrected chi connectivity index (χ1v) is 6.46. The summed E-state index contributed by atoms with van der Waals surface area (Å²) in [7, 11) is 0. The fourth-order valence-corrected chi connectivity index (χ4v) is 3.09. The molecule has 90 valence electrons. The van der Waals surface area contributed by atoms with Gasteiger partial charge in [0.25, 0.3) is 0 Å². The summed E-state index contributed by atoms with van der Waals surface area (Å²) < 4.78 is 0. The van der Waals surface area contributed by atoms with Crippen LogP contribution in [0.1, 0.15) is 47.8 Å². The number of aromatic nitrogens is 1. The molecule has 0 amide bonds. The molecule has 2 nitrogen and oxygen atoms in total. The van der Waals surface area contributed by atoms with Gasteiger partial charge in [-0.25, -0.2) is 0 Å². The second-order valence-electron chi connectivity index (χ2n) is 5.28. The van der Waals surface area contributed by atoms with E-state index < -0.39 is 0 Å². The minimum absolute atomic E-state index is 0.289. The van der Waals surface area contributed by atoms with Crippen molar-refractivity contribution in [1.82, 2.24) is 4.98 Å².